The molecule has 6 nitrogen and oxygen atoms in total. The van der Waals surface area contributed by atoms with Crippen molar-refractivity contribution in [2.45, 2.75) is 13.8 Å². The largest absolute Gasteiger partial charge is 0.491 e. The Morgan fingerprint density at radius 3 is 2.73 bits per heavy atom. The maximum atomic E-state index is 12.6. The third-order valence-electron chi connectivity index (χ3n) is 4.20. The van der Waals surface area contributed by atoms with Crippen LogP contribution in [0.15, 0.2) is 53.6 Å². The van der Waals surface area contributed by atoms with Gasteiger partial charge in [0, 0.05) is 19.4 Å². The third-order valence-corrected chi connectivity index (χ3v) is 4.20. The molecule has 0 saturated heterocycles. The van der Waals surface area contributed by atoms with Gasteiger partial charge >= 0.3 is 0 Å². The van der Waals surface area contributed by atoms with Crippen molar-refractivity contribution in [3.8, 4) is 5.75 Å². The van der Waals surface area contributed by atoms with E-state index in [4.69, 9.17) is 4.74 Å². The number of para-hydroxylation sites is 1. The molecule has 0 radical (unpaired) electrons. The first-order valence-electron chi connectivity index (χ1n) is 8.39. The Hall–Kier alpha value is -3.15. The summed E-state index contributed by atoms with van der Waals surface area (Å²) in [7, 11) is 1.65. The highest BCUT2D eigenvalue weighted by atomic mass is 16.5. The Labute approximate surface area is 151 Å². The molecule has 0 spiro atoms. The summed E-state index contributed by atoms with van der Waals surface area (Å²) in [6.45, 7) is 4.56. The fraction of sp³-hybridized carbons (Fsp3) is 0.250. The summed E-state index contributed by atoms with van der Waals surface area (Å²) in [5.41, 5.74) is 2.16. The molecule has 0 saturated carbocycles. The summed E-state index contributed by atoms with van der Waals surface area (Å²) in [4.78, 5) is 30.9. The first-order valence-corrected chi connectivity index (χ1v) is 8.39. The zero-order chi connectivity index (χ0) is 18.7. The van der Waals surface area contributed by atoms with E-state index in [1.807, 2.05) is 44.2 Å². The lowest BCUT2D eigenvalue weighted by Crippen LogP contribution is -2.35. The number of fused-ring (bicyclic) bond motifs is 1. The van der Waals surface area contributed by atoms with Crippen molar-refractivity contribution < 1.29 is 9.53 Å². The van der Waals surface area contributed by atoms with E-state index in [9.17, 15) is 9.59 Å². The molecule has 0 N–H and O–H groups in total. The van der Waals surface area contributed by atoms with Crippen LogP contribution in [0, 0.1) is 13.8 Å². The number of likely N-dealkylation sites (N-methyl/N-ethyl adjacent to an activating group) is 1. The monoisotopic (exact) mass is 351 g/mol. The normalized spacial score (nSPS) is 10.7. The highest BCUT2D eigenvalue weighted by Crippen LogP contribution is 2.15. The number of rotatable bonds is 5. The second-order valence-electron chi connectivity index (χ2n) is 6.25. The van der Waals surface area contributed by atoms with Gasteiger partial charge in [-0.1, -0.05) is 24.3 Å². The highest BCUT2D eigenvalue weighted by Gasteiger charge is 2.17. The summed E-state index contributed by atoms with van der Waals surface area (Å²) < 4.78 is 7.12. The smallest absolute Gasteiger partial charge is 0.270 e. The molecule has 26 heavy (non-hydrogen) atoms. The third kappa shape index (κ3) is 3.59. The van der Waals surface area contributed by atoms with E-state index in [1.165, 1.54) is 15.5 Å². The van der Waals surface area contributed by atoms with Crippen molar-refractivity contribution in [1.29, 1.82) is 0 Å². The van der Waals surface area contributed by atoms with E-state index < -0.39 is 0 Å². The van der Waals surface area contributed by atoms with Gasteiger partial charge in [-0.05, 0) is 37.1 Å². The molecule has 0 fully saturated rings. The molecule has 6 heteroatoms. The molecule has 1 amide bonds. The molecule has 1 aromatic carbocycles. The van der Waals surface area contributed by atoms with Crippen LogP contribution in [-0.4, -0.2) is 40.4 Å². The van der Waals surface area contributed by atoms with Crippen molar-refractivity contribution in [3.63, 3.8) is 0 Å². The van der Waals surface area contributed by atoms with Gasteiger partial charge in [-0.2, -0.15) is 0 Å². The Bertz CT molecular complexity index is 1010. The van der Waals surface area contributed by atoms with Crippen molar-refractivity contribution in [2.75, 3.05) is 20.2 Å². The molecule has 0 unspecified atom stereocenters. The van der Waals surface area contributed by atoms with Crippen LogP contribution in [0.1, 0.15) is 21.5 Å². The summed E-state index contributed by atoms with van der Waals surface area (Å²) in [5, 5.41) is 0. The molecule has 0 bridgehead atoms. The summed E-state index contributed by atoms with van der Waals surface area (Å²) in [5.74, 6) is 0.419. The number of hydrogen-bond acceptors (Lipinski definition) is 4. The number of nitrogens with zero attached hydrogens (tertiary/aromatic N) is 3. The minimum absolute atomic E-state index is 0.0477. The van der Waals surface area contributed by atoms with Crippen LogP contribution < -0.4 is 10.3 Å². The zero-order valence-corrected chi connectivity index (χ0v) is 15.1. The molecule has 0 aliphatic heterocycles. The number of aromatic nitrogens is 2. The molecular weight excluding hydrogens is 330 g/mol. The van der Waals surface area contributed by atoms with Gasteiger partial charge in [0.05, 0.1) is 6.54 Å². The first-order chi connectivity index (χ1) is 12.5. The molecule has 2 aromatic heterocycles. The zero-order valence-electron chi connectivity index (χ0n) is 15.1. The lowest BCUT2D eigenvalue weighted by molar-refractivity contribution is 0.0771. The van der Waals surface area contributed by atoms with Crippen molar-refractivity contribution in [2.24, 2.45) is 0 Å². The minimum Gasteiger partial charge on any atom is -0.491 e. The average Bonchev–Trinajstić information content (AvgIpc) is 2.63. The van der Waals surface area contributed by atoms with E-state index in [-0.39, 0.29) is 17.0 Å². The van der Waals surface area contributed by atoms with Gasteiger partial charge in [-0.15, -0.1) is 0 Å². The number of carbonyl (C=O) groups is 1. The second kappa shape index (κ2) is 7.39. The van der Waals surface area contributed by atoms with Crippen LogP contribution in [0.25, 0.3) is 5.65 Å². The predicted octanol–water partition coefficient (Wildman–Crippen LogP) is 2.46. The van der Waals surface area contributed by atoms with Crippen LogP contribution in [0.3, 0.4) is 0 Å². The summed E-state index contributed by atoms with van der Waals surface area (Å²) in [6.07, 6.45) is 3.02. The molecule has 3 aromatic rings. The van der Waals surface area contributed by atoms with E-state index in [0.717, 1.165) is 16.9 Å². The topological polar surface area (TPSA) is 63.9 Å². The molecular formula is C20H21N3O3. The second-order valence-corrected chi connectivity index (χ2v) is 6.25. The maximum absolute atomic E-state index is 12.6. The Morgan fingerprint density at radius 1 is 1.19 bits per heavy atom. The number of carbonyl (C=O) groups excluding carboxylic acids is 1. The van der Waals surface area contributed by atoms with E-state index in [1.54, 1.807) is 19.3 Å². The number of pyridine rings is 1. The van der Waals surface area contributed by atoms with Gasteiger partial charge in [0.15, 0.2) is 0 Å². The molecule has 0 atom stereocenters. The fourth-order valence-corrected chi connectivity index (χ4v) is 2.65. The number of amides is 1. The molecule has 0 aliphatic rings. The van der Waals surface area contributed by atoms with Gasteiger partial charge in [0.25, 0.3) is 11.5 Å². The summed E-state index contributed by atoms with van der Waals surface area (Å²) in [6, 6.07) is 11.3. The molecule has 3 rings (SSSR count). The summed E-state index contributed by atoms with van der Waals surface area (Å²) >= 11 is 0. The SMILES string of the molecule is Cc1ccc2ncc(C(=O)N(C)CCOc3ccccc3C)c(=O)n2c1. The van der Waals surface area contributed by atoms with Gasteiger partial charge in [0.2, 0.25) is 0 Å². The molecule has 0 aliphatic carbocycles. The van der Waals surface area contributed by atoms with Gasteiger partial charge < -0.3 is 9.64 Å². The van der Waals surface area contributed by atoms with E-state index >= 15 is 0 Å². The first kappa shape index (κ1) is 17.7. The lowest BCUT2D eigenvalue weighted by Gasteiger charge is -2.18. The molecule has 134 valence electrons. The van der Waals surface area contributed by atoms with Crippen LogP contribution in [0.5, 0.6) is 5.75 Å². The Kier molecular flexibility index (Phi) is 5.02. The standard InChI is InChI=1S/C20H21N3O3/c1-14-8-9-18-21-12-16(20(25)23(18)13-14)19(24)22(3)10-11-26-17-7-5-4-6-15(17)2/h4-9,12-13H,10-11H2,1-3H3. The average molecular weight is 351 g/mol. The lowest BCUT2D eigenvalue weighted by atomic mass is 10.2. The number of ether oxygens (including phenoxy) is 1. The van der Waals surface area contributed by atoms with E-state index in [2.05, 4.69) is 4.98 Å². The Balaban J connectivity index is 1.72. The van der Waals surface area contributed by atoms with Crippen molar-refractivity contribution >= 4 is 11.6 Å². The van der Waals surface area contributed by atoms with Crippen LogP contribution >= 0.6 is 0 Å². The number of benzene rings is 1. The van der Waals surface area contributed by atoms with Crippen LogP contribution in [-0.2, 0) is 0 Å². The molecule has 2 heterocycles. The van der Waals surface area contributed by atoms with Crippen molar-refractivity contribution in [1.82, 2.24) is 14.3 Å². The quantitative estimate of drug-likeness (QED) is 0.708. The maximum Gasteiger partial charge on any atom is 0.270 e. The van der Waals surface area contributed by atoms with Crippen molar-refractivity contribution in [3.05, 3.63) is 75.8 Å². The minimum atomic E-state index is -0.369. The highest BCUT2D eigenvalue weighted by molar-refractivity contribution is 5.93. The number of aryl methyl sites for hydroxylation is 2. The fourth-order valence-electron chi connectivity index (χ4n) is 2.65. The van der Waals surface area contributed by atoms with E-state index in [0.29, 0.717) is 18.8 Å². The van der Waals surface area contributed by atoms with Gasteiger partial charge in [-0.3, -0.25) is 14.0 Å². The van der Waals surface area contributed by atoms with Gasteiger partial charge in [-0.25, -0.2) is 4.98 Å². The van der Waals surface area contributed by atoms with Gasteiger partial charge in [0.1, 0.15) is 23.6 Å². The number of hydrogen-bond donors (Lipinski definition) is 0. The Morgan fingerprint density at radius 2 is 1.96 bits per heavy atom. The van der Waals surface area contributed by atoms with Crippen LogP contribution in [0.2, 0.25) is 0 Å². The predicted molar refractivity (Wildman–Crippen MR) is 99.8 cm³/mol. The van der Waals surface area contributed by atoms with Crippen LogP contribution in [0.4, 0.5) is 0 Å².